The van der Waals surface area contributed by atoms with Gasteiger partial charge in [-0.25, -0.2) is 0 Å². The Bertz CT molecular complexity index is 287. The van der Waals surface area contributed by atoms with E-state index in [0.29, 0.717) is 0 Å². The molecule has 0 heterocycles. The maximum Gasteiger partial charge on any atom is 0 e. The second-order valence-electron chi connectivity index (χ2n) is 13.5. The molecule has 33 heavy (non-hydrogen) atoms. The van der Waals surface area contributed by atoms with Gasteiger partial charge >= 0.3 is 0 Å². The summed E-state index contributed by atoms with van der Waals surface area (Å²) in [7, 11) is 0. The van der Waals surface area contributed by atoms with E-state index in [2.05, 4.69) is 55.4 Å². The molecule has 0 spiro atoms. The second-order valence-corrected chi connectivity index (χ2v) is 13.5. The van der Waals surface area contributed by atoms with Gasteiger partial charge in [0.05, 0.1) is 0 Å². The van der Waals surface area contributed by atoms with Crippen molar-refractivity contribution in [2.75, 3.05) is 0 Å². The summed E-state index contributed by atoms with van der Waals surface area (Å²) >= 11 is 0. The Kier molecular flexibility index (Phi) is 19.1. The van der Waals surface area contributed by atoms with Crippen molar-refractivity contribution in [3.05, 3.63) is 0 Å². The highest BCUT2D eigenvalue weighted by Gasteiger charge is 2.15. The molecule has 0 aromatic rings. The summed E-state index contributed by atoms with van der Waals surface area (Å²) in [5.74, 6) is 8.16. The normalized spacial score (nSPS) is 38.5. The summed E-state index contributed by atoms with van der Waals surface area (Å²) in [5, 5.41) is 0. The molecule has 4 rings (SSSR count). The van der Waals surface area contributed by atoms with Gasteiger partial charge in [0.1, 0.15) is 0 Å². The average molecular weight is 472 g/mol. The predicted octanol–water partition coefficient (Wildman–Crippen LogP) is 11.7. The maximum absolute atomic E-state index is 2.37. The van der Waals surface area contributed by atoms with Crippen LogP contribution in [0.15, 0.2) is 0 Å². The molecular weight excluding hydrogens is 403 g/mol. The zero-order chi connectivity index (χ0) is 23.9. The lowest BCUT2D eigenvalue weighted by molar-refractivity contribution is 0.308. The van der Waals surface area contributed by atoms with Crippen molar-refractivity contribution in [2.45, 2.75) is 158 Å². The van der Waals surface area contributed by atoms with Crippen molar-refractivity contribution in [3.63, 3.8) is 0 Å². The van der Waals surface area contributed by atoms with E-state index >= 15 is 0 Å². The van der Waals surface area contributed by atoms with Gasteiger partial charge in [0, 0.05) is 1.43 Å². The van der Waals surface area contributed by atoms with E-state index in [-0.39, 0.29) is 6.13 Å². The monoisotopic (exact) mass is 472 g/mol. The zero-order valence-electron chi connectivity index (χ0n) is 24.3. The van der Waals surface area contributed by atoms with E-state index in [0.717, 1.165) is 47.3 Å². The Morgan fingerprint density at radius 1 is 0.242 bits per heavy atom. The van der Waals surface area contributed by atoms with E-state index in [1.165, 1.54) is 103 Å². The first kappa shape index (κ1) is 32.9. The van der Waals surface area contributed by atoms with Crippen LogP contribution in [0, 0.1) is 47.3 Å². The summed E-state index contributed by atoms with van der Waals surface area (Å²) in [6, 6.07) is 0. The highest BCUT2D eigenvalue weighted by molar-refractivity contribution is 4.67. The molecule has 0 aliphatic heterocycles. The largest absolute Gasteiger partial charge is 0.269 e. The molecule has 4 fully saturated rings. The molecule has 0 aromatic carbocycles. The standard InChI is InChI=1S/4C8H16.FH.H2/c4*1-7-3-5-8(2)6-4-7;;/h4*7-8H,3-6H2,1-2H3;2*1H/i;;;;;1+1. The van der Waals surface area contributed by atoms with E-state index in [1.54, 1.807) is 0 Å². The van der Waals surface area contributed by atoms with Crippen molar-refractivity contribution < 1.29 is 6.13 Å². The lowest BCUT2D eigenvalue weighted by Gasteiger charge is -2.22. The van der Waals surface area contributed by atoms with Gasteiger partial charge in [0.15, 0.2) is 0 Å². The summed E-state index contributed by atoms with van der Waals surface area (Å²) in [6.45, 7) is 18.9. The van der Waals surface area contributed by atoms with Crippen LogP contribution in [0.1, 0.15) is 160 Å². The van der Waals surface area contributed by atoms with Gasteiger partial charge in [0.2, 0.25) is 0 Å². The molecule has 0 atom stereocenters. The van der Waals surface area contributed by atoms with Crippen molar-refractivity contribution in [1.29, 1.82) is 0 Å². The third-order valence-electron chi connectivity index (χ3n) is 9.22. The van der Waals surface area contributed by atoms with E-state index in [4.69, 9.17) is 0 Å². The SMILES string of the molecule is CC1CCC(C)CC1.CC1CCC(C)CC1.CC1CCC(C)CC1.CC1CCC(C)CC1.F.[2HH]. The molecule has 1 heteroatoms. The van der Waals surface area contributed by atoms with E-state index < -0.39 is 0 Å². The molecular formula is C32H67F. The molecule has 202 valence electrons. The summed E-state index contributed by atoms with van der Waals surface area (Å²) < 4.78 is 0. The molecule has 0 bridgehead atoms. The van der Waals surface area contributed by atoms with Gasteiger partial charge < -0.3 is 0 Å². The molecule has 0 saturated heterocycles. The topological polar surface area (TPSA) is 0 Å². The van der Waals surface area contributed by atoms with Crippen LogP contribution in [0.25, 0.3) is 0 Å². The Labute approximate surface area is 211 Å². The Balaban J connectivity index is 0. The molecule has 0 nitrogen and oxygen atoms in total. The molecule has 0 radical (unpaired) electrons. The fraction of sp³-hybridized carbons (Fsp3) is 1.00. The number of hydrogen-bond donors (Lipinski definition) is 0. The minimum atomic E-state index is 0. The lowest BCUT2D eigenvalue weighted by Crippen LogP contribution is -2.08. The van der Waals surface area contributed by atoms with Gasteiger partial charge in [-0.2, -0.15) is 0 Å². The van der Waals surface area contributed by atoms with Gasteiger partial charge in [0.25, 0.3) is 0 Å². The van der Waals surface area contributed by atoms with Crippen LogP contribution in [0.2, 0.25) is 0 Å². The van der Waals surface area contributed by atoms with Crippen molar-refractivity contribution in [3.8, 4) is 0 Å². The van der Waals surface area contributed by atoms with Gasteiger partial charge in [-0.3, -0.25) is 4.70 Å². The quantitative estimate of drug-likeness (QED) is 0.329. The molecule has 0 amide bonds. The third-order valence-corrected chi connectivity index (χ3v) is 9.22. The maximum atomic E-state index is 2.37. The zero-order valence-corrected chi connectivity index (χ0v) is 24.3. The Hall–Kier alpha value is -0.0700. The molecule has 4 aliphatic carbocycles. The fourth-order valence-electron chi connectivity index (χ4n) is 5.71. The Morgan fingerprint density at radius 2 is 0.303 bits per heavy atom. The van der Waals surface area contributed by atoms with Crippen LogP contribution in [0.5, 0.6) is 0 Å². The van der Waals surface area contributed by atoms with Crippen LogP contribution in [-0.4, -0.2) is 0 Å². The lowest BCUT2D eigenvalue weighted by atomic mass is 9.84. The van der Waals surface area contributed by atoms with Crippen molar-refractivity contribution >= 4 is 0 Å². The first-order chi connectivity index (χ1) is 15.2. The highest BCUT2D eigenvalue weighted by atomic mass is 19.0. The van der Waals surface area contributed by atoms with Crippen molar-refractivity contribution in [2.24, 2.45) is 47.3 Å². The van der Waals surface area contributed by atoms with E-state index in [1.807, 2.05) is 0 Å². The molecule has 0 aromatic heterocycles. The summed E-state index contributed by atoms with van der Waals surface area (Å²) in [4.78, 5) is 0. The first-order valence-corrected chi connectivity index (χ1v) is 15.2. The molecule has 4 saturated carbocycles. The number of halogens is 1. The smallest absolute Gasteiger partial charge is 0 e. The molecule has 4 aliphatic rings. The van der Waals surface area contributed by atoms with Gasteiger partial charge in [-0.05, 0) is 47.3 Å². The summed E-state index contributed by atoms with van der Waals surface area (Å²) in [5.41, 5.74) is 0. The van der Waals surface area contributed by atoms with E-state index in [9.17, 15) is 0 Å². The minimum Gasteiger partial charge on any atom is -0.269 e. The van der Waals surface area contributed by atoms with Crippen LogP contribution in [0.3, 0.4) is 0 Å². The molecule has 0 N–H and O–H groups in total. The summed E-state index contributed by atoms with van der Waals surface area (Å²) in [6.07, 6.45) is 23.6. The minimum absolute atomic E-state index is 0. The predicted molar refractivity (Wildman–Crippen MR) is 152 cm³/mol. The van der Waals surface area contributed by atoms with Crippen LogP contribution >= 0.6 is 0 Å². The van der Waals surface area contributed by atoms with Crippen molar-refractivity contribution in [1.82, 2.24) is 0 Å². The van der Waals surface area contributed by atoms with Crippen LogP contribution in [-0.2, 0) is 0 Å². The fourth-order valence-corrected chi connectivity index (χ4v) is 5.71. The number of rotatable bonds is 0. The highest BCUT2D eigenvalue weighted by Crippen LogP contribution is 2.29. The Morgan fingerprint density at radius 3 is 0.364 bits per heavy atom. The second kappa shape index (κ2) is 19.2. The number of hydrogen-bond acceptors (Lipinski definition) is 0. The third kappa shape index (κ3) is 17.9. The molecule has 0 unspecified atom stereocenters. The van der Waals surface area contributed by atoms with Crippen LogP contribution in [0.4, 0.5) is 4.70 Å². The van der Waals surface area contributed by atoms with Crippen LogP contribution < -0.4 is 0 Å². The van der Waals surface area contributed by atoms with Gasteiger partial charge in [-0.15, -0.1) is 0 Å². The van der Waals surface area contributed by atoms with Gasteiger partial charge in [-0.1, -0.05) is 158 Å². The average Bonchev–Trinajstić information content (AvgIpc) is 2.78. The first-order valence-electron chi connectivity index (χ1n) is 15.2.